The van der Waals surface area contributed by atoms with E-state index in [1.807, 2.05) is 24.0 Å². The third-order valence-electron chi connectivity index (χ3n) is 4.48. The van der Waals surface area contributed by atoms with Crippen molar-refractivity contribution in [3.05, 3.63) is 34.3 Å². The van der Waals surface area contributed by atoms with Crippen LogP contribution in [0.1, 0.15) is 28.8 Å². The van der Waals surface area contributed by atoms with Crippen LogP contribution in [0, 0.1) is 12.3 Å². The summed E-state index contributed by atoms with van der Waals surface area (Å²) >= 11 is 6.10. The molecule has 19 heavy (non-hydrogen) atoms. The molecular weight excluding hydrogens is 260 g/mol. The molecule has 2 aliphatic heterocycles. The molecule has 1 spiro atoms. The molecule has 1 aromatic rings. The van der Waals surface area contributed by atoms with E-state index in [0.717, 1.165) is 38.2 Å². The van der Waals surface area contributed by atoms with Crippen LogP contribution in [-0.4, -0.2) is 37.0 Å². The minimum atomic E-state index is 0.116. The summed E-state index contributed by atoms with van der Waals surface area (Å²) in [5, 5.41) is 4.08. The van der Waals surface area contributed by atoms with Gasteiger partial charge in [-0.3, -0.25) is 4.79 Å². The Balaban J connectivity index is 1.76. The zero-order valence-electron chi connectivity index (χ0n) is 11.2. The Morgan fingerprint density at radius 3 is 2.95 bits per heavy atom. The highest BCUT2D eigenvalue weighted by Gasteiger charge is 2.41. The Kier molecular flexibility index (Phi) is 3.27. The molecule has 2 heterocycles. The second-order valence-corrected chi connectivity index (χ2v) is 6.27. The summed E-state index contributed by atoms with van der Waals surface area (Å²) in [7, 11) is 0. The maximum absolute atomic E-state index is 12.5. The fourth-order valence-corrected chi connectivity index (χ4v) is 3.34. The smallest absolute Gasteiger partial charge is 0.253 e. The molecule has 0 radical (unpaired) electrons. The molecule has 1 atom stereocenters. The highest BCUT2D eigenvalue weighted by Crippen LogP contribution is 2.36. The fraction of sp³-hybridized carbons (Fsp3) is 0.533. The van der Waals surface area contributed by atoms with Crippen molar-refractivity contribution >= 4 is 17.5 Å². The lowest BCUT2D eigenvalue weighted by Gasteiger charge is -2.23. The first-order chi connectivity index (χ1) is 9.10. The van der Waals surface area contributed by atoms with Crippen LogP contribution in [0.2, 0.25) is 5.02 Å². The second kappa shape index (κ2) is 4.80. The van der Waals surface area contributed by atoms with Crippen molar-refractivity contribution < 1.29 is 4.79 Å². The predicted octanol–water partition coefficient (Wildman–Crippen LogP) is 2.47. The molecular formula is C15H19ClN2O. The highest BCUT2D eigenvalue weighted by molar-refractivity contribution is 6.31. The van der Waals surface area contributed by atoms with Gasteiger partial charge in [-0.05, 0) is 44.0 Å². The largest absolute Gasteiger partial charge is 0.338 e. The zero-order valence-corrected chi connectivity index (χ0v) is 12.0. The van der Waals surface area contributed by atoms with Crippen LogP contribution >= 0.6 is 11.6 Å². The number of rotatable bonds is 1. The molecule has 2 saturated heterocycles. The molecule has 4 heteroatoms. The minimum Gasteiger partial charge on any atom is -0.338 e. The maximum Gasteiger partial charge on any atom is 0.253 e. The molecule has 0 aromatic heterocycles. The third-order valence-corrected chi connectivity index (χ3v) is 4.88. The van der Waals surface area contributed by atoms with E-state index in [9.17, 15) is 4.79 Å². The van der Waals surface area contributed by atoms with Crippen LogP contribution in [0.3, 0.4) is 0 Å². The number of nitrogens with zero attached hydrogens (tertiary/aromatic N) is 1. The van der Waals surface area contributed by atoms with Crippen molar-refractivity contribution in [1.82, 2.24) is 10.2 Å². The van der Waals surface area contributed by atoms with Gasteiger partial charge in [-0.25, -0.2) is 0 Å². The third kappa shape index (κ3) is 2.37. The molecule has 1 aromatic carbocycles. The molecule has 0 bridgehead atoms. The molecule has 0 aliphatic carbocycles. The molecule has 102 valence electrons. The number of nitrogens with one attached hydrogen (secondary N) is 1. The van der Waals surface area contributed by atoms with E-state index in [0.29, 0.717) is 16.0 Å². The Labute approximate surface area is 118 Å². The average molecular weight is 279 g/mol. The van der Waals surface area contributed by atoms with Crippen molar-refractivity contribution in [2.45, 2.75) is 19.8 Å². The molecule has 1 unspecified atom stereocenters. The first kappa shape index (κ1) is 12.9. The van der Waals surface area contributed by atoms with Gasteiger partial charge < -0.3 is 10.2 Å². The first-order valence-corrected chi connectivity index (χ1v) is 7.24. The van der Waals surface area contributed by atoms with Crippen molar-refractivity contribution in [3.8, 4) is 0 Å². The van der Waals surface area contributed by atoms with Crippen LogP contribution in [0.15, 0.2) is 18.2 Å². The van der Waals surface area contributed by atoms with Gasteiger partial charge in [0, 0.05) is 35.6 Å². The summed E-state index contributed by atoms with van der Waals surface area (Å²) in [6.45, 7) is 5.83. The molecule has 1 amide bonds. The number of likely N-dealkylation sites (tertiary alicyclic amines) is 1. The quantitative estimate of drug-likeness (QED) is 0.856. The lowest BCUT2D eigenvalue weighted by molar-refractivity contribution is 0.0775. The van der Waals surface area contributed by atoms with E-state index < -0.39 is 0 Å². The Hall–Kier alpha value is -1.06. The summed E-state index contributed by atoms with van der Waals surface area (Å²) in [5.74, 6) is 0.116. The van der Waals surface area contributed by atoms with Crippen LogP contribution in [0.4, 0.5) is 0 Å². The maximum atomic E-state index is 12.5. The van der Waals surface area contributed by atoms with E-state index in [-0.39, 0.29) is 5.91 Å². The predicted molar refractivity (Wildman–Crippen MR) is 76.6 cm³/mol. The number of halogens is 1. The highest BCUT2D eigenvalue weighted by atomic mass is 35.5. The van der Waals surface area contributed by atoms with Gasteiger partial charge in [0.25, 0.3) is 5.91 Å². The zero-order chi connectivity index (χ0) is 13.5. The van der Waals surface area contributed by atoms with Crippen molar-refractivity contribution in [2.75, 3.05) is 26.2 Å². The standard InChI is InChI=1S/C15H19ClN2O/c1-11-2-3-12(8-13(11)16)14(19)18-7-5-15(10-18)4-6-17-9-15/h2-3,8,17H,4-7,9-10H2,1H3. The lowest BCUT2D eigenvalue weighted by Crippen LogP contribution is -2.33. The Morgan fingerprint density at radius 1 is 1.42 bits per heavy atom. The number of hydrogen-bond donors (Lipinski definition) is 1. The van der Waals surface area contributed by atoms with Gasteiger partial charge in [-0.2, -0.15) is 0 Å². The molecule has 2 aliphatic rings. The van der Waals surface area contributed by atoms with Crippen LogP contribution in [0.5, 0.6) is 0 Å². The number of carbonyl (C=O) groups excluding carboxylic acids is 1. The van der Waals surface area contributed by atoms with Gasteiger partial charge in [0.15, 0.2) is 0 Å². The van der Waals surface area contributed by atoms with Gasteiger partial charge in [0.1, 0.15) is 0 Å². The van der Waals surface area contributed by atoms with Crippen molar-refractivity contribution in [1.29, 1.82) is 0 Å². The SMILES string of the molecule is Cc1ccc(C(=O)N2CCC3(CCNC3)C2)cc1Cl. The number of benzene rings is 1. The number of hydrogen-bond acceptors (Lipinski definition) is 2. The molecule has 3 rings (SSSR count). The van der Waals surface area contributed by atoms with E-state index in [2.05, 4.69) is 5.32 Å². The minimum absolute atomic E-state index is 0.116. The van der Waals surface area contributed by atoms with Crippen LogP contribution in [-0.2, 0) is 0 Å². The summed E-state index contributed by atoms with van der Waals surface area (Å²) in [4.78, 5) is 14.5. The average Bonchev–Trinajstić information content (AvgIpc) is 3.03. The summed E-state index contributed by atoms with van der Waals surface area (Å²) in [6, 6.07) is 5.58. The van der Waals surface area contributed by atoms with Crippen molar-refractivity contribution in [3.63, 3.8) is 0 Å². The normalized spacial score (nSPS) is 26.3. The van der Waals surface area contributed by atoms with Crippen molar-refractivity contribution in [2.24, 2.45) is 5.41 Å². The van der Waals surface area contributed by atoms with E-state index in [1.165, 1.54) is 6.42 Å². The Morgan fingerprint density at radius 2 is 2.26 bits per heavy atom. The van der Waals surface area contributed by atoms with Crippen LogP contribution in [0.25, 0.3) is 0 Å². The second-order valence-electron chi connectivity index (χ2n) is 5.87. The lowest BCUT2D eigenvalue weighted by atomic mass is 9.86. The fourth-order valence-electron chi connectivity index (χ4n) is 3.16. The van der Waals surface area contributed by atoms with Gasteiger partial charge in [-0.15, -0.1) is 0 Å². The number of aryl methyl sites for hydroxylation is 1. The number of amides is 1. The summed E-state index contributed by atoms with van der Waals surface area (Å²) < 4.78 is 0. The van der Waals surface area contributed by atoms with E-state index in [1.54, 1.807) is 6.07 Å². The molecule has 0 saturated carbocycles. The summed E-state index contributed by atoms with van der Waals surface area (Å²) in [6.07, 6.45) is 2.30. The molecule has 1 N–H and O–H groups in total. The van der Waals surface area contributed by atoms with E-state index in [4.69, 9.17) is 11.6 Å². The first-order valence-electron chi connectivity index (χ1n) is 6.86. The molecule has 3 nitrogen and oxygen atoms in total. The van der Waals surface area contributed by atoms with Gasteiger partial charge in [0.05, 0.1) is 0 Å². The Bertz CT molecular complexity index is 509. The van der Waals surface area contributed by atoms with E-state index >= 15 is 0 Å². The monoisotopic (exact) mass is 278 g/mol. The van der Waals surface area contributed by atoms with Gasteiger partial charge in [-0.1, -0.05) is 17.7 Å². The summed E-state index contributed by atoms with van der Waals surface area (Å²) in [5.41, 5.74) is 2.04. The van der Waals surface area contributed by atoms with Gasteiger partial charge in [0.2, 0.25) is 0 Å². The number of carbonyl (C=O) groups is 1. The van der Waals surface area contributed by atoms with Gasteiger partial charge >= 0.3 is 0 Å². The molecule has 2 fully saturated rings. The van der Waals surface area contributed by atoms with Crippen LogP contribution < -0.4 is 5.32 Å². The topological polar surface area (TPSA) is 32.3 Å².